The minimum Gasteiger partial charge on any atom is -0.493 e. The quantitative estimate of drug-likeness (QED) is 0.702. The molecular formula is C11H10O4. The molecule has 0 amide bonds. The third-order valence-corrected chi connectivity index (χ3v) is 2.43. The maximum Gasteiger partial charge on any atom is 0.231 e. The summed E-state index contributed by atoms with van der Waals surface area (Å²) in [5.74, 6) is 2.70. The summed E-state index contributed by atoms with van der Waals surface area (Å²) in [6, 6.07) is 1.89. The van der Waals surface area contributed by atoms with Gasteiger partial charge in [0.1, 0.15) is 6.61 Å². The van der Waals surface area contributed by atoms with E-state index in [1.54, 1.807) is 7.11 Å². The third-order valence-electron chi connectivity index (χ3n) is 2.43. The van der Waals surface area contributed by atoms with E-state index in [0.717, 1.165) is 11.3 Å². The van der Waals surface area contributed by atoms with Gasteiger partial charge in [0.25, 0.3) is 0 Å². The van der Waals surface area contributed by atoms with Crippen molar-refractivity contribution >= 4 is 6.08 Å². The molecular weight excluding hydrogens is 196 g/mol. The molecule has 0 aliphatic carbocycles. The predicted octanol–water partition coefficient (Wildman–Crippen LogP) is 1.83. The molecule has 0 radical (unpaired) electrons. The smallest absolute Gasteiger partial charge is 0.231 e. The van der Waals surface area contributed by atoms with Gasteiger partial charge in [-0.1, -0.05) is 6.08 Å². The number of rotatable bonds is 1. The molecule has 0 saturated heterocycles. The van der Waals surface area contributed by atoms with Crippen LogP contribution in [0, 0.1) is 0 Å². The predicted molar refractivity (Wildman–Crippen MR) is 53.6 cm³/mol. The standard InChI is InChI=1S/C11H10O4/c1-12-8-5-7-3-2-4-13-9(7)11-10(8)14-6-15-11/h2-3,5H,4,6H2,1H3. The van der Waals surface area contributed by atoms with Crippen LogP contribution in [0.25, 0.3) is 6.08 Å². The van der Waals surface area contributed by atoms with Crippen molar-refractivity contribution in [2.75, 3.05) is 20.5 Å². The van der Waals surface area contributed by atoms with Gasteiger partial charge in [0, 0.05) is 5.56 Å². The van der Waals surface area contributed by atoms with Crippen LogP contribution in [-0.2, 0) is 0 Å². The van der Waals surface area contributed by atoms with Gasteiger partial charge >= 0.3 is 0 Å². The van der Waals surface area contributed by atoms with Crippen LogP contribution in [0.1, 0.15) is 5.56 Å². The number of ether oxygens (including phenoxy) is 4. The molecule has 4 heteroatoms. The Kier molecular flexibility index (Phi) is 1.74. The van der Waals surface area contributed by atoms with Gasteiger partial charge in [0.15, 0.2) is 11.5 Å². The summed E-state index contributed by atoms with van der Waals surface area (Å²) in [5.41, 5.74) is 0.961. The maximum absolute atomic E-state index is 5.52. The second kappa shape index (κ2) is 3.08. The first-order valence-corrected chi connectivity index (χ1v) is 4.70. The molecule has 1 aromatic carbocycles. The Balaban J connectivity index is 2.24. The zero-order valence-corrected chi connectivity index (χ0v) is 8.28. The fraction of sp³-hybridized carbons (Fsp3) is 0.273. The Bertz CT molecular complexity index is 437. The van der Waals surface area contributed by atoms with Crippen LogP contribution in [0.4, 0.5) is 0 Å². The van der Waals surface area contributed by atoms with Crippen molar-refractivity contribution in [2.45, 2.75) is 0 Å². The molecule has 2 aliphatic rings. The van der Waals surface area contributed by atoms with E-state index in [-0.39, 0.29) is 6.79 Å². The Morgan fingerprint density at radius 1 is 1.13 bits per heavy atom. The van der Waals surface area contributed by atoms with Crippen molar-refractivity contribution in [3.63, 3.8) is 0 Å². The van der Waals surface area contributed by atoms with Crippen LogP contribution in [0.2, 0.25) is 0 Å². The largest absolute Gasteiger partial charge is 0.493 e. The lowest BCUT2D eigenvalue weighted by Crippen LogP contribution is -2.02. The second-order valence-electron chi connectivity index (χ2n) is 3.28. The van der Waals surface area contributed by atoms with Crippen LogP contribution in [0.15, 0.2) is 12.1 Å². The minimum atomic E-state index is 0.217. The highest BCUT2D eigenvalue weighted by molar-refractivity contribution is 5.72. The van der Waals surface area contributed by atoms with Crippen LogP contribution in [0.5, 0.6) is 23.0 Å². The second-order valence-corrected chi connectivity index (χ2v) is 3.28. The minimum absolute atomic E-state index is 0.217. The molecule has 0 spiro atoms. The monoisotopic (exact) mass is 206 g/mol. The summed E-state index contributed by atoms with van der Waals surface area (Å²) in [4.78, 5) is 0. The Morgan fingerprint density at radius 2 is 2.00 bits per heavy atom. The van der Waals surface area contributed by atoms with Crippen molar-refractivity contribution < 1.29 is 18.9 Å². The number of hydrogen-bond donors (Lipinski definition) is 0. The van der Waals surface area contributed by atoms with E-state index < -0.39 is 0 Å². The molecule has 2 aliphatic heterocycles. The van der Waals surface area contributed by atoms with Gasteiger partial charge in [-0.25, -0.2) is 0 Å². The Labute approximate surface area is 87.0 Å². The molecule has 4 nitrogen and oxygen atoms in total. The SMILES string of the molecule is COc1cc2c(c3c1OCO3)OCC=C2. The number of hydrogen-bond acceptors (Lipinski definition) is 4. The zero-order chi connectivity index (χ0) is 10.3. The fourth-order valence-electron chi connectivity index (χ4n) is 1.76. The van der Waals surface area contributed by atoms with E-state index in [1.165, 1.54) is 0 Å². The molecule has 78 valence electrons. The average molecular weight is 206 g/mol. The molecule has 0 saturated carbocycles. The van der Waals surface area contributed by atoms with Crippen LogP contribution < -0.4 is 18.9 Å². The molecule has 0 atom stereocenters. The van der Waals surface area contributed by atoms with Gasteiger partial charge in [-0.15, -0.1) is 0 Å². The maximum atomic E-state index is 5.52. The lowest BCUT2D eigenvalue weighted by molar-refractivity contribution is 0.168. The molecule has 3 rings (SSSR count). The van der Waals surface area contributed by atoms with Crippen molar-refractivity contribution in [1.82, 2.24) is 0 Å². The van der Waals surface area contributed by atoms with E-state index in [2.05, 4.69) is 0 Å². The summed E-state index contributed by atoms with van der Waals surface area (Å²) < 4.78 is 21.5. The summed E-state index contributed by atoms with van der Waals surface area (Å²) >= 11 is 0. The molecule has 15 heavy (non-hydrogen) atoms. The summed E-state index contributed by atoms with van der Waals surface area (Å²) in [6.45, 7) is 0.782. The van der Waals surface area contributed by atoms with Crippen LogP contribution in [-0.4, -0.2) is 20.5 Å². The van der Waals surface area contributed by atoms with Gasteiger partial charge in [0.2, 0.25) is 18.3 Å². The highest BCUT2D eigenvalue weighted by atomic mass is 16.7. The van der Waals surface area contributed by atoms with E-state index in [9.17, 15) is 0 Å². The fourth-order valence-corrected chi connectivity index (χ4v) is 1.76. The summed E-state index contributed by atoms with van der Waals surface area (Å²) in [7, 11) is 1.61. The van der Waals surface area contributed by atoms with Crippen LogP contribution in [0.3, 0.4) is 0 Å². The number of methoxy groups -OCH3 is 1. The normalized spacial score (nSPS) is 15.8. The van der Waals surface area contributed by atoms with E-state index >= 15 is 0 Å². The topological polar surface area (TPSA) is 36.9 Å². The van der Waals surface area contributed by atoms with Crippen LogP contribution >= 0.6 is 0 Å². The Morgan fingerprint density at radius 3 is 2.87 bits per heavy atom. The first-order valence-electron chi connectivity index (χ1n) is 4.70. The first-order chi connectivity index (χ1) is 7.40. The average Bonchev–Trinajstić information content (AvgIpc) is 2.77. The first kappa shape index (κ1) is 8.47. The highest BCUT2D eigenvalue weighted by Crippen LogP contribution is 2.50. The molecule has 0 unspecified atom stereocenters. The van der Waals surface area contributed by atoms with Crippen molar-refractivity contribution in [1.29, 1.82) is 0 Å². The molecule has 0 bridgehead atoms. The highest BCUT2D eigenvalue weighted by Gasteiger charge is 2.27. The summed E-state index contributed by atoms with van der Waals surface area (Å²) in [5, 5.41) is 0. The number of fused-ring (bicyclic) bond motifs is 3. The van der Waals surface area contributed by atoms with Gasteiger partial charge in [-0.2, -0.15) is 0 Å². The molecule has 0 fully saturated rings. The Hall–Kier alpha value is -1.84. The van der Waals surface area contributed by atoms with Gasteiger partial charge in [-0.05, 0) is 12.1 Å². The van der Waals surface area contributed by atoms with Gasteiger partial charge in [-0.3, -0.25) is 0 Å². The lowest BCUT2D eigenvalue weighted by Gasteiger charge is -2.15. The van der Waals surface area contributed by atoms with Crippen molar-refractivity contribution in [3.05, 3.63) is 17.7 Å². The van der Waals surface area contributed by atoms with E-state index in [4.69, 9.17) is 18.9 Å². The van der Waals surface area contributed by atoms with Gasteiger partial charge in [0.05, 0.1) is 7.11 Å². The number of benzene rings is 1. The van der Waals surface area contributed by atoms with E-state index in [1.807, 2.05) is 18.2 Å². The molecule has 0 N–H and O–H groups in total. The summed E-state index contributed by atoms with van der Waals surface area (Å²) in [6.07, 6.45) is 3.94. The van der Waals surface area contributed by atoms with Crippen molar-refractivity contribution in [2.24, 2.45) is 0 Å². The molecule has 1 aromatic rings. The lowest BCUT2D eigenvalue weighted by atomic mass is 10.1. The molecule has 2 heterocycles. The van der Waals surface area contributed by atoms with Crippen molar-refractivity contribution in [3.8, 4) is 23.0 Å². The van der Waals surface area contributed by atoms with Gasteiger partial charge < -0.3 is 18.9 Å². The molecule has 0 aromatic heterocycles. The van der Waals surface area contributed by atoms with E-state index in [0.29, 0.717) is 23.9 Å². The zero-order valence-electron chi connectivity index (χ0n) is 8.28. The third kappa shape index (κ3) is 1.14.